The zero-order valence-corrected chi connectivity index (χ0v) is 23.1. The zero-order valence-electron chi connectivity index (χ0n) is 21.6. The molecule has 40 heavy (non-hydrogen) atoms. The van der Waals surface area contributed by atoms with Gasteiger partial charge in [-0.3, -0.25) is 4.79 Å². The first-order valence-corrected chi connectivity index (χ1v) is 13.6. The lowest BCUT2D eigenvalue weighted by molar-refractivity contribution is 0.0956. The second-order valence-corrected chi connectivity index (χ2v) is 10.3. The van der Waals surface area contributed by atoms with Gasteiger partial charge in [0, 0.05) is 39.7 Å². The van der Waals surface area contributed by atoms with Crippen LogP contribution < -0.4 is 5.43 Å². The number of hydrazone groups is 1. The van der Waals surface area contributed by atoms with Gasteiger partial charge in [0.1, 0.15) is 0 Å². The van der Waals surface area contributed by atoms with Crippen molar-refractivity contribution in [3.63, 3.8) is 0 Å². The monoisotopic (exact) mass is 562 g/mol. The Hall–Kier alpha value is -4.45. The summed E-state index contributed by atoms with van der Waals surface area (Å²) < 4.78 is 2.21. The smallest absolute Gasteiger partial charge is 0.272 e. The number of aromatic nitrogens is 2. The van der Waals surface area contributed by atoms with Gasteiger partial charge in [0.05, 0.1) is 33.0 Å². The molecule has 1 N–H and O–H groups in total. The third-order valence-electron chi connectivity index (χ3n) is 6.99. The highest BCUT2D eigenvalue weighted by atomic mass is 35.5. The summed E-state index contributed by atoms with van der Waals surface area (Å²) in [5, 5.41) is 7.25. The summed E-state index contributed by atoms with van der Waals surface area (Å²) >= 11 is 12.4. The van der Waals surface area contributed by atoms with Crippen LogP contribution in [0.4, 0.5) is 0 Å². The van der Waals surface area contributed by atoms with E-state index in [1.807, 2.05) is 97.9 Å². The van der Waals surface area contributed by atoms with Crippen molar-refractivity contribution in [2.24, 2.45) is 5.10 Å². The standard InChI is InChI=1S/C33H24Cl2N4O/c1-21-27(25-12-6-8-14-32(25)39(21)20-22-15-16-28(34)29(35)17-22)19-36-38-33(40)26-18-31(23-9-3-2-4-10-23)37-30-13-7-5-11-24(26)30/h2-19H,20H2,1H3,(H,38,40)/b36-19-. The van der Waals surface area contributed by atoms with Crippen LogP contribution in [0.25, 0.3) is 33.1 Å². The second kappa shape index (κ2) is 11.0. The normalized spacial score (nSPS) is 11.5. The Kier molecular flexibility index (Phi) is 7.08. The fourth-order valence-corrected chi connectivity index (χ4v) is 5.30. The summed E-state index contributed by atoms with van der Waals surface area (Å²) in [5.74, 6) is -0.302. The first-order valence-electron chi connectivity index (χ1n) is 12.8. The number of nitrogens with zero attached hydrogens (tertiary/aromatic N) is 3. The second-order valence-electron chi connectivity index (χ2n) is 9.49. The van der Waals surface area contributed by atoms with E-state index in [9.17, 15) is 4.79 Å². The summed E-state index contributed by atoms with van der Waals surface area (Å²) in [7, 11) is 0. The number of fused-ring (bicyclic) bond motifs is 2. The molecular weight excluding hydrogens is 539 g/mol. The molecule has 5 nitrogen and oxygen atoms in total. The van der Waals surface area contributed by atoms with Crippen LogP contribution in [0, 0.1) is 6.92 Å². The molecule has 2 heterocycles. The molecule has 1 amide bonds. The fourth-order valence-electron chi connectivity index (χ4n) is 4.98. The van der Waals surface area contributed by atoms with Gasteiger partial charge in [-0.25, -0.2) is 10.4 Å². The van der Waals surface area contributed by atoms with E-state index in [1.165, 1.54) is 0 Å². The van der Waals surface area contributed by atoms with E-state index in [1.54, 1.807) is 6.21 Å². The first-order chi connectivity index (χ1) is 19.5. The molecule has 7 heteroatoms. The molecule has 0 atom stereocenters. The van der Waals surface area contributed by atoms with Crippen LogP contribution >= 0.6 is 23.2 Å². The average molecular weight is 563 g/mol. The Morgan fingerprint density at radius 1 is 0.875 bits per heavy atom. The lowest BCUT2D eigenvalue weighted by atomic mass is 10.0. The highest BCUT2D eigenvalue weighted by molar-refractivity contribution is 6.42. The number of pyridine rings is 1. The van der Waals surface area contributed by atoms with Gasteiger partial charge in [0.2, 0.25) is 0 Å². The number of benzene rings is 4. The first kappa shape index (κ1) is 25.8. The minimum Gasteiger partial charge on any atom is -0.340 e. The quantitative estimate of drug-likeness (QED) is 0.164. The maximum Gasteiger partial charge on any atom is 0.272 e. The largest absolute Gasteiger partial charge is 0.340 e. The summed E-state index contributed by atoms with van der Waals surface area (Å²) in [5.41, 5.74) is 9.73. The van der Waals surface area contributed by atoms with Crippen molar-refractivity contribution in [1.82, 2.24) is 15.0 Å². The van der Waals surface area contributed by atoms with Crippen LogP contribution in [0.2, 0.25) is 10.0 Å². The van der Waals surface area contributed by atoms with Gasteiger partial charge >= 0.3 is 0 Å². The minimum atomic E-state index is -0.302. The number of hydrogen-bond acceptors (Lipinski definition) is 3. The zero-order chi connectivity index (χ0) is 27.6. The third-order valence-corrected chi connectivity index (χ3v) is 7.73. The van der Waals surface area contributed by atoms with Crippen LogP contribution in [0.3, 0.4) is 0 Å². The fraction of sp³-hybridized carbons (Fsp3) is 0.0606. The van der Waals surface area contributed by atoms with E-state index in [2.05, 4.69) is 27.2 Å². The number of carbonyl (C=O) groups excluding carboxylic acids is 1. The highest BCUT2D eigenvalue weighted by Gasteiger charge is 2.15. The molecule has 0 spiro atoms. The molecule has 0 aliphatic heterocycles. The molecule has 4 aromatic carbocycles. The van der Waals surface area contributed by atoms with Crippen LogP contribution in [0.5, 0.6) is 0 Å². The van der Waals surface area contributed by atoms with Crippen molar-refractivity contribution in [3.8, 4) is 11.3 Å². The molecule has 0 aliphatic rings. The number of carbonyl (C=O) groups is 1. The van der Waals surface area contributed by atoms with E-state index >= 15 is 0 Å². The molecule has 6 aromatic rings. The van der Waals surface area contributed by atoms with Crippen LogP contribution in [-0.4, -0.2) is 21.7 Å². The molecule has 0 saturated heterocycles. The Morgan fingerprint density at radius 3 is 2.40 bits per heavy atom. The van der Waals surface area contributed by atoms with Crippen molar-refractivity contribution in [2.45, 2.75) is 13.5 Å². The van der Waals surface area contributed by atoms with Crippen molar-refractivity contribution in [1.29, 1.82) is 0 Å². The van der Waals surface area contributed by atoms with Gasteiger partial charge in [-0.1, -0.05) is 96.0 Å². The predicted octanol–water partition coefficient (Wildman–Crippen LogP) is 8.28. The highest BCUT2D eigenvalue weighted by Crippen LogP contribution is 2.28. The van der Waals surface area contributed by atoms with Gasteiger partial charge in [0.25, 0.3) is 5.91 Å². The Balaban J connectivity index is 1.32. The van der Waals surface area contributed by atoms with E-state index in [4.69, 9.17) is 28.2 Å². The molecule has 0 unspecified atom stereocenters. The summed E-state index contributed by atoms with van der Waals surface area (Å²) in [4.78, 5) is 18.2. The Bertz CT molecular complexity index is 1910. The summed E-state index contributed by atoms with van der Waals surface area (Å²) in [6.07, 6.45) is 1.71. The topological polar surface area (TPSA) is 59.3 Å². The average Bonchev–Trinajstić information content (AvgIpc) is 3.25. The molecule has 0 radical (unpaired) electrons. The van der Waals surface area contributed by atoms with Crippen molar-refractivity contribution in [2.75, 3.05) is 0 Å². The molecular formula is C33H24Cl2N4O. The van der Waals surface area contributed by atoms with Crippen LogP contribution in [-0.2, 0) is 6.54 Å². The third kappa shape index (κ3) is 4.97. The molecule has 6 rings (SSSR count). The van der Waals surface area contributed by atoms with Gasteiger partial charge in [-0.2, -0.15) is 5.10 Å². The van der Waals surface area contributed by atoms with E-state index in [-0.39, 0.29) is 5.91 Å². The van der Waals surface area contributed by atoms with E-state index < -0.39 is 0 Å². The SMILES string of the molecule is Cc1c(/C=N\NC(=O)c2cc(-c3ccccc3)nc3ccccc23)c2ccccc2n1Cc1ccc(Cl)c(Cl)c1. The number of nitrogens with one attached hydrogen (secondary N) is 1. The maximum atomic E-state index is 13.4. The Labute approximate surface area is 241 Å². The van der Waals surface area contributed by atoms with Crippen molar-refractivity contribution < 1.29 is 4.79 Å². The lowest BCUT2D eigenvalue weighted by Crippen LogP contribution is -2.18. The van der Waals surface area contributed by atoms with Gasteiger partial charge in [-0.05, 0) is 42.8 Å². The predicted molar refractivity (Wildman–Crippen MR) is 164 cm³/mol. The molecule has 0 saturated carbocycles. The molecule has 196 valence electrons. The van der Waals surface area contributed by atoms with E-state index in [0.717, 1.165) is 49.9 Å². The molecule has 0 aliphatic carbocycles. The maximum absolute atomic E-state index is 13.4. The van der Waals surface area contributed by atoms with E-state index in [0.29, 0.717) is 22.2 Å². The van der Waals surface area contributed by atoms with Crippen molar-refractivity contribution in [3.05, 3.63) is 136 Å². The number of amides is 1. The number of halogens is 2. The number of para-hydroxylation sites is 2. The van der Waals surface area contributed by atoms with Gasteiger partial charge < -0.3 is 4.57 Å². The molecule has 0 bridgehead atoms. The molecule has 2 aromatic heterocycles. The summed E-state index contributed by atoms with van der Waals surface area (Å²) in [6, 6.07) is 33.1. The minimum absolute atomic E-state index is 0.302. The van der Waals surface area contributed by atoms with Gasteiger partial charge in [-0.15, -0.1) is 0 Å². The molecule has 0 fully saturated rings. The summed E-state index contributed by atoms with van der Waals surface area (Å²) in [6.45, 7) is 2.66. The van der Waals surface area contributed by atoms with Gasteiger partial charge in [0.15, 0.2) is 0 Å². The Morgan fingerprint density at radius 2 is 1.60 bits per heavy atom. The van der Waals surface area contributed by atoms with Crippen LogP contribution in [0.1, 0.15) is 27.2 Å². The van der Waals surface area contributed by atoms with Crippen LogP contribution in [0.15, 0.2) is 108 Å². The van der Waals surface area contributed by atoms with Crippen molar-refractivity contribution >= 4 is 57.1 Å². The lowest BCUT2D eigenvalue weighted by Gasteiger charge is -2.10. The number of rotatable bonds is 6. The number of hydrogen-bond donors (Lipinski definition) is 1.